The van der Waals surface area contributed by atoms with E-state index in [4.69, 9.17) is 0 Å². The van der Waals surface area contributed by atoms with Crippen molar-refractivity contribution in [1.82, 2.24) is 14.7 Å². The topological polar surface area (TPSA) is 89.0 Å². The summed E-state index contributed by atoms with van der Waals surface area (Å²) in [4.78, 5) is 20.6. The van der Waals surface area contributed by atoms with Gasteiger partial charge in [-0.15, -0.1) is 0 Å². The molecule has 7 heteroatoms. The summed E-state index contributed by atoms with van der Waals surface area (Å²) in [7, 11) is -3.84. The van der Waals surface area contributed by atoms with Gasteiger partial charge < -0.3 is 0 Å². The summed E-state index contributed by atoms with van der Waals surface area (Å²) in [6.07, 6.45) is 3.97. The molecule has 1 aromatic heterocycles. The highest BCUT2D eigenvalue weighted by atomic mass is 32.2. The van der Waals surface area contributed by atoms with Gasteiger partial charge >= 0.3 is 0 Å². The summed E-state index contributed by atoms with van der Waals surface area (Å²) in [5.74, 6) is -0.960. The highest BCUT2D eigenvalue weighted by Crippen LogP contribution is 2.23. The Morgan fingerprint density at radius 3 is 2.18 bits per heavy atom. The minimum absolute atomic E-state index is 0.0817. The first-order valence-electron chi connectivity index (χ1n) is 6.88. The summed E-state index contributed by atoms with van der Waals surface area (Å²) in [6, 6.07) is 6.35. The molecule has 114 valence electrons. The molecule has 0 aliphatic heterocycles. The van der Waals surface area contributed by atoms with Crippen LogP contribution in [0, 0.1) is 12.8 Å². The van der Waals surface area contributed by atoms with E-state index in [-0.39, 0.29) is 4.90 Å². The average molecular weight is 317 g/mol. The first-order chi connectivity index (χ1) is 10.5. The predicted molar refractivity (Wildman–Crippen MR) is 79.4 cm³/mol. The number of aryl methyl sites for hydroxylation is 1. The van der Waals surface area contributed by atoms with E-state index in [2.05, 4.69) is 14.7 Å². The fourth-order valence-corrected chi connectivity index (χ4v) is 3.50. The Labute approximate surface area is 128 Å². The molecule has 0 radical (unpaired) electrons. The number of nitrogens with one attached hydrogen (secondary N) is 1. The van der Waals surface area contributed by atoms with Crippen LogP contribution in [0.25, 0.3) is 0 Å². The number of carbonyl (C=O) groups is 1. The van der Waals surface area contributed by atoms with Crippen molar-refractivity contribution < 1.29 is 13.2 Å². The zero-order valence-electron chi connectivity index (χ0n) is 12.0. The van der Waals surface area contributed by atoms with E-state index < -0.39 is 21.8 Å². The van der Waals surface area contributed by atoms with Crippen LogP contribution in [0.15, 0.2) is 41.6 Å². The van der Waals surface area contributed by atoms with Crippen LogP contribution in [0.4, 0.5) is 0 Å². The van der Waals surface area contributed by atoms with Gasteiger partial charge in [-0.2, -0.15) is 0 Å². The van der Waals surface area contributed by atoms with Gasteiger partial charge in [0, 0.05) is 25.2 Å². The highest BCUT2D eigenvalue weighted by Gasteiger charge is 2.31. The largest absolute Gasteiger partial charge is 0.274 e. The second kappa shape index (κ2) is 5.49. The first kappa shape index (κ1) is 14.6. The van der Waals surface area contributed by atoms with Gasteiger partial charge in [0.15, 0.2) is 0 Å². The number of sulfonamides is 1. The van der Waals surface area contributed by atoms with Crippen LogP contribution < -0.4 is 4.72 Å². The molecule has 3 rings (SSSR count). The molecular weight excluding hydrogens is 302 g/mol. The van der Waals surface area contributed by atoms with E-state index in [0.717, 1.165) is 17.0 Å². The highest BCUT2D eigenvalue weighted by molar-refractivity contribution is 7.90. The number of nitrogens with zero attached hydrogens (tertiary/aromatic N) is 2. The van der Waals surface area contributed by atoms with Crippen LogP contribution in [0.2, 0.25) is 0 Å². The molecule has 1 N–H and O–H groups in total. The van der Waals surface area contributed by atoms with Gasteiger partial charge in [-0.25, -0.2) is 13.1 Å². The summed E-state index contributed by atoms with van der Waals surface area (Å²) in [6.45, 7) is 1.87. The average Bonchev–Trinajstić information content (AvgIpc) is 2.91. The normalized spacial score (nSPS) is 14.6. The SMILES string of the molecule is Cc1ccc(S(=O)(=O)NC(=O)C2Cc3nccnc3C2)cc1. The fraction of sp³-hybridized carbons (Fsp3) is 0.267. The van der Waals surface area contributed by atoms with E-state index in [1.54, 1.807) is 24.5 Å². The van der Waals surface area contributed by atoms with Crippen molar-refractivity contribution in [1.29, 1.82) is 0 Å². The van der Waals surface area contributed by atoms with Crippen LogP contribution in [-0.4, -0.2) is 24.3 Å². The minimum atomic E-state index is -3.84. The number of hydrogen-bond donors (Lipinski definition) is 1. The summed E-state index contributed by atoms with van der Waals surface area (Å²) >= 11 is 0. The van der Waals surface area contributed by atoms with E-state index in [1.165, 1.54) is 12.1 Å². The zero-order valence-corrected chi connectivity index (χ0v) is 12.8. The molecule has 1 aliphatic rings. The Balaban J connectivity index is 1.74. The lowest BCUT2D eigenvalue weighted by molar-refractivity contribution is -0.122. The summed E-state index contributed by atoms with van der Waals surface area (Å²) < 4.78 is 26.6. The molecule has 1 amide bonds. The third-order valence-electron chi connectivity index (χ3n) is 3.68. The maximum Gasteiger partial charge on any atom is 0.264 e. The van der Waals surface area contributed by atoms with Gasteiger partial charge in [-0.3, -0.25) is 14.8 Å². The maximum absolute atomic E-state index is 12.2. The number of rotatable bonds is 3. The van der Waals surface area contributed by atoms with E-state index in [0.29, 0.717) is 12.8 Å². The van der Waals surface area contributed by atoms with E-state index in [9.17, 15) is 13.2 Å². The molecule has 0 saturated carbocycles. The molecule has 22 heavy (non-hydrogen) atoms. The quantitative estimate of drug-likeness (QED) is 0.912. The van der Waals surface area contributed by atoms with Crippen molar-refractivity contribution >= 4 is 15.9 Å². The summed E-state index contributed by atoms with van der Waals surface area (Å²) in [5.41, 5.74) is 2.47. The lowest BCUT2D eigenvalue weighted by Gasteiger charge is -2.11. The van der Waals surface area contributed by atoms with E-state index >= 15 is 0 Å². The summed E-state index contributed by atoms with van der Waals surface area (Å²) in [5, 5.41) is 0. The van der Waals surface area contributed by atoms with Crippen molar-refractivity contribution in [3.63, 3.8) is 0 Å². The van der Waals surface area contributed by atoms with Crippen molar-refractivity contribution in [2.45, 2.75) is 24.7 Å². The van der Waals surface area contributed by atoms with Gasteiger partial charge in [-0.05, 0) is 19.1 Å². The smallest absolute Gasteiger partial charge is 0.264 e. The lowest BCUT2D eigenvalue weighted by atomic mass is 10.1. The van der Waals surface area contributed by atoms with Crippen LogP contribution >= 0.6 is 0 Å². The molecule has 0 bridgehead atoms. The predicted octanol–water partition coefficient (Wildman–Crippen LogP) is 1.00. The fourth-order valence-electron chi connectivity index (χ4n) is 2.45. The standard InChI is InChI=1S/C15H15N3O3S/c1-10-2-4-12(5-3-10)22(20,21)18-15(19)11-8-13-14(9-11)17-7-6-16-13/h2-7,11H,8-9H2,1H3,(H,18,19). The van der Waals surface area contributed by atoms with Gasteiger partial charge in [0.2, 0.25) is 5.91 Å². The van der Waals surface area contributed by atoms with Gasteiger partial charge in [0.25, 0.3) is 10.0 Å². The maximum atomic E-state index is 12.2. The molecule has 2 aromatic rings. The third-order valence-corrected chi connectivity index (χ3v) is 5.04. The molecule has 1 aliphatic carbocycles. The Morgan fingerprint density at radius 2 is 1.64 bits per heavy atom. The Morgan fingerprint density at radius 1 is 1.09 bits per heavy atom. The molecule has 0 spiro atoms. The zero-order chi connectivity index (χ0) is 15.7. The van der Waals surface area contributed by atoms with Crippen LogP contribution in [0.5, 0.6) is 0 Å². The van der Waals surface area contributed by atoms with Crippen LogP contribution in [0.3, 0.4) is 0 Å². The Hall–Kier alpha value is -2.28. The van der Waals surface area contributed by atoms with Crippen LogP contribution in [-0.2, 0) is 27.7 Å². The first-order valence-corrected chi connectivity index (χ1v) is 8.36. The number of benzene rings is 1. The number of carbonyl (C=O) groups excluding carboxylic acids is 1. The Bertz CT molecular complexity index is 791. The minimum Gasteiger partial charge on any atom is -0.274 e. The molecule has 1 heterocycles. The van der Waals surface area contributed by atoms with E-state index in [1.807, 2.05) is 6.92 Å². The van der Waals surface area contributed by atoms with Crippen molar-refractivity contribution in [3.05, 3.63) is 53.6 Å². The molecule has 1 aromatic carbocycles. The number of amides is 1. The molecule has 0 fully saturated rings. The van der Waals surface area contributed by atoms with Crippen molar-refractivity contribution in [3.8, 4) is 0 Å². The lowest BCUT2D eigenvalue weighted by Crippen LogP contribution is -2.36. The molecular formula is C15H15N3O3S. The molecule has 0 atom stereocenters. The van der Waals surface area contributed by atoms with Crippen molar-refractivity contribution in [2.24, 2.45) is 5.92 Å². The molecule has 0 unspecified atom stereocenters. The second-order valence-corrected chi connectivity index (χ2v) is 7.02. The van der Waals surface area contributed by atoms with Gasteiger partial charge in [0.05, 0.1) is 22.2 Å². The van der Waals surface area contributed by atoms with Crippen molar-refractivity contribution in [2.75, 3.05) is 0 Å². The number of fused-ring (bicyclic) bond motifs is 1. The third kappa shape index (κ3) is 2.85. The van der Waals surface area contributed by atoms with Gasteiger partial charge in [-0.1, -0.05) is 17.7 Å². The monoisotopic (exact) mass is 317 g/mol. The number of hydrogen-bond acceptors (Lipinski definition) is 5. The Kier molecular flexibility index (Phi) is 3.66. The number of aromatic nitrogens is 2. The molecule has 0 saturated heterocycles. The van der Waals surface area contributed by atoms with Gasteiger partial charge in [0.1, 0.15) is 0 Å². The molecule has 6 nitrogen and oxygen atoms in total. The second-order valence-electron chi connectivity index (χ2n) is 5.34. The van der Waals surface area contributed by atoms with Crippen LogP contribution in [0.1, 0.15) is 17.0 Å².